The largest absolute Gasteiger partial charge is 0.390 e. The van der Waals surface area contributed by atoms with Gasteiger partial charge in [-0.05, 0) is 32.4 Å². The maximum Gasteiger partial charge on any atom is 0.0965 e. The molecule has 2 heterocycles. The molecule has 4 heteroatoms. The molecule has 3 nitrogen and oxygen atoms in total. The zero-order chi connectivity index (χ0) is 7.73. The van der Waals surface area contributed by atoms with Crippen LogP contribution in [0.2, 0.25) is 0 Å². The molecule has 2 saturated heterocycles. The lowest BCUT2D eigenvalue weighted by Crippen LogP contribution is -2.48. The van der Waals surface area contributed by atoms with Gasteiger partial charge in [0.05, 0.1) is 18.3 Å². The average Bonchev–Trinajstić information content (AvgIpc) is 2.36. The highest BCUT2D eigenvalue weighted by Gasteiger charge is 2.43. The standard InChI is InChI=1S/C8H15NO2.ClH/c10-7-1-6-11-8(7)2-4-9-5-3-8;/h7,9-10H,1-6H2;1H. The van der Waals surface area contributed by atoms with E-state index in [2.05, 4.69) is 5.32 Å². The number of aliphatic hydroxyl groups is 1. The molecule has 1 atom stereocenters. The highest BCUT2D eigenvalue weighted by molar-refractivity contribution is 5.85. The van der Waals surface area contributed by atoms with E-state index >= 15 is 0 Å². The predicted octanol–water partition coefficient (Wildman–Crippen LogP) is 0.312. The second-order valence-corrected chi connectivity index (χ2v) is 3.47. The van der Waals surface area contributed by atoms with Crippen LogP contribution in [0.4, 0.5) is 0 Å². The molecule has 0 amide bonds. The second-order valence-electron chi connectivity index (χ2n) is 3.47. The van der Waals surface area contributed by atoms with Crippen LogP contribution in [-0.4, -0.2) is 36.5 Å². The van der Waals surface area contributed by atoms with Crippen LogP contribution >= 0.6 is 12.4 Å². The Hall–Kier alpha value is 0.170. The van der Waals surface area contributed by atoms with Crippen LogP contribution in [0.15, 0.2) is 0 Å². The molecule has 2 N–H and O–H groups in total. The third-order valence-electron chi connectivity index (χ3n) is 2.84. The van der Waals surface area contributed by atoms with Gasteiger partial charge in [-0.15, -0.1) is 12.4 Å². The van der Waals surface area contributed by atoms with Gasteiger partial charge in [-0.25, -0.2) is 0 Å². The van der Waals surface area contributed by atoms with Crippen LogP contribution in [0.1, 0.15) is 19.3 Å². The van der Waals surface area contributed by atoms with Crippen molar-refractivity contribution in [2.45, 2.75) is 31.0 Å². The predicted molar refractivity (Wildman–Crippen MR) is 48.7 cm³/mol. The Kier molecular flexibility index (Phi) is 3.35. The Morgan fingerprint density at radius 2 is 2.00 bits per heavy atom. The van der Waals surface area contributed by atoms with Crippen LogP contribution in [0.25, 0.3) is 0 Å². The van der Waals surface area contributed by atoms with Gasteiger partial charge in [0.25, 0.3) is 0 Å². The number of piperidine rings is 1. The highest BCUT2D eigenvalue weighted by Crippen LogP contribution is 2.33. The zero-order valence-corrected chi connectivity index (χ0v) is 7.90. The van der Waals surface area contributed by atoms with Gasteiger partial charge < -0.3 is 15.2 Å². The van der Waals surface area contributed by atoms with Gasteiger partial charge in [-0.2, -0.15) is 0 Å². The number of hydrogen-bond acceptors (Lipinski definition) is 3. The molecule has 0 radical (unpaired) electrons. The van der Waals surface area contributed by atoms with Gasteiger partial charge in [-0.1, -0.05) is 0 Å². The Bertz CT molecular complexity index is 148. The first-order valence-corrected chi connectivity index (χ1v) is 4.36. The zero-order valence-electron chi connectivity index (χ0n) is 7.08. The molecule has 0 aromatic heterocycles. The van der Waals surface area contributed by atoms with Crippen LogP contribution in [0, 0.1) is 0 Å². The molecule has 0 saturated carbocycles. The SMILES string of the molecule is Cl.OC1CCOC12CCNCC2. The lowest BCUT2D eigenvalue weighted by molar-refractivity contribution is -0.0764. The van der Waals surface area contributed by atoms with Crippen LogP contribution in [-0.2, 0) is 4.74 Å². The van der Waals surface area contributed by atoms with Gasteiger partial charge in [0.1, 0.15) is 0 Å². The molecule has 2 fully saturated rings. The Balaban J connectivity index is 0.000000720. The molecule has 2 rings (SSSR count). The summed E-state index contributed by atoms with van der Waals surface area (Å²) in [5.74, 6) is 0. The van der Waals surface area contributed by atoms with Crippen molar-refractivity contribution in [1.29, 1.82) is 0 Å². The molecular weight excluding hydrogens is 178 g/mol. The first-order valence-electron chi connectivity index (χ1n) is 4.36. The topological polar surface area (TPSA) is 41.5 Å². The van der Waals surface area contributed by atoms with Crippen molar-refractivity contribution in [3.63, 3.8) is 0 Å². The fourth-order valence-corrected chi connectivity index (χ4v) is 2.06. The highest BCUT2D eigenvalue weighted by atomic mass is 35.5. The quantitative estimate of drug-likeness (QED) is 0.582. The molecule has 1 unspecified atom stereocenters. The maximum absolute atomic E-state index is 9.65. The Labute approximate surface area is 78.9 Å². The lowest BCUT2D eigenvalue weighted by atomic mass is 9.87. The Morgan fingerprint density at radius 1 is 1.33 bits per heavy atom. The van der Waals surface area contributed by atoms with E-state index in [0.29, 0.717) is 0 Å². The summed E-state index contributed by atoms with van der Waals surface area (Å²) >= 11 is 0. The van der Waals surface area contributed by atoms with Crippen molar-refractivity contribution in [2.24, 2.45) is 0 Å². The normalized spacial score (nSPS) is 33.2. The van der Waals surface area contributed by atoms with Gasteiger partial charge in [0, 0.05) is 0 Å². The number of aliphatic hydroxyl groups excluding tert-OH is 1. The third kappa shape index (κ3) is 1.59. The third-order valence-corrected chi connectivity index (χ3v) is 2.84. The number of hydrogen-bond donors (Lipinski definition) is 2. The molecule has 2 aliphatic heterocycles. The summed E-state index contributed by atoms with van der Waals surface area (Å²) in [6.45, 7) is 2.70. The summed E-state index contributed by atoms with van der Waals surface area (Å²) in [7, 11) is 0. The van der Waals surface area contributed by atoms with Crippen molar-refractivity contribution in [2.75, 3.05) is 19.7 Å². The molecule has 12 heavy (non-hydrogen) atoms. The first-order chi connectivity index (χ1) is 5.33. The molecule has 2 aliphatic rings. The summed E-state index contributed by atoms with van der Waals surface area (Å²) in [4.78, 5) is 0. The van der Waals surface area contributed by atoms with E-state index in [-0.39, 0.29) is 24.1 Å². The van der Waals surface area contributed by atoms with Gasteiger partial charge in [-0.3, -0.25) is 0 Å². The molecule has 0 aliphatic carbocycles. The minimum atomic E-state index is -0.218. The number of nitrogens with one attached hydrogen (secondary N) is 1. The van der Waals surface area contributed by atoms with E-state index in [1.165, 1.54) is 0 Å². The van der Waals surface area contributed by atoms with E-state index in [1.54, 1.807) is 0 Å². The summed E-state index contributed by atoms with van der Waals surface area (Å²) in [6.07, 6.45) is 2.53. The van der Waals surface area contributed by atoms with Gasteiger partial charge in [0.2, 0.25) is 0 Å². The van der Waals surface area contributed by atoms with Crippen LogP contribution < -0.4 is 5.32 Å². The van der Waals surface area contributed by atoms with E-state index < -0.39 is 0 Å². The monoisotopic (exact) mass is 193 g/mol. The van der Waals surface area contributed by atoms with E-state index in [0.717, 1.165) is 39.0 Å². The molecular formula is C8H16ClNO2. The van der Waals surface area contributed by atoms with Crippen molar-refractivity contribution < 1.29 is 9.84 Å². The van der Waals surface area contributed by atoms with E-state index in [4.69, 9.17) is 4.74 Å². The summed E-state index contributed by atoms with van der Waals surface area (Å²) in [5, 5.41) is 12.9. The minimum absolute atomic E-state index is 0. The van der Waals surface area contributed by atoms with E-state index in [9.17, 15) is 5.11 Å². The average molecular weight is 194 g/mol. The number of halogens is 1. The molecule has 0 aromatic rings. The van der Waals surface area contributed by atoms with Crippen molar-refractivity contribution in [3.05, 3.63) is 0 Å². The van der Waals surface area contributed by atoms with E-state index in [1.807, 2.05) is 0 Å². The van der Waals surface area contributed by atoms with Crippen molar-refractivity contribution in [1.82, 2.24) is 5.32 Å². The summed E-state index contributed by atoms with van der Waals surface area (Å²) in [6, 6.07) is 0. The number of ether oxygens (including phenoxy) is 1. The van der Waals surface area contributed by atoms with Crippen LogP contribution in [0.5, 0.6) is 0 Å². The summed E-state index contributed by atoms with van der Waals surface area (Å²) in [5.41, 5.74) is -0.175. The van der Waals surface area contributed by atoms with Gasteiger partial charge >= 0.3 is 0 Å². The minimum Gasteiger partial charge on any atom is -0.390 e. The molecule has 0 aromatic carbocycles. The molecule has 0 bridgehead atoms. The molecule has 72 valence electrons. The molecule has 1 spiro atoms. The first kappa shape index (κ1) is 10.3. The fraction of sp³-hybridized carbons (Fsp3) is 1.00. The Morgan fingerprint density at radius 3 is 2.50 bits per heavy atom. The summed E-state index contributed by atoms with van der Waals surface area (Å²) < 4.78 is 5.60. The van der Waals surface area contributed by atoms with Crippen LogP contribution in [0.3, 0.4) is 0 Å². The maximum atomic E-state index is 9.65. The smallest absolute Gasteiger partial charge is 0.0965 e. The fourth-order valence-electron chi connectivity index (χ4n) is 2.06. The van der Waals surface area contributed by atoms with Crippen molar-refractivity contribution in [3.8, 4) is 0 Å². The van der Waals surface area contributed by atoms with Crippen molar-refractivity contribution >= 4 is 12.4 Å². The second kappa shape index (κ2) is 3.92. The number of rotatable bonds is 0. The van der Waals surface area contributed by atoms with Gasteiger partial charge in [0.15, 0.2) is 0 Å². The lowest BCUT2D eigenvalue weighted by Gasteiger charge is -2.35.